The largest absolute Gasteiger partial charge is 0.314 e. The summed E-state index contributed by atoms with van der Waals surface area (Å²) < 4.78 is 1.59. The Kier molecular flexibility index (Phi) is 3.11. The van der Waals surface area contributed by atoms with E-state index in [2.05, 4.69) is 0 Å². The van der Waals surface area contributed by atoms with Gasteiger partial charge in [-0.1, -0.05) is 41.9 Å². The van der Waals surface area contributed by atoms with E-state index in [0.29, 0.717) is 0 Å². The monoisotopic (exact) mass is 233 g/mol. The quantitative estimate of drug-likeness (QED) is 0.782. The van der Waals surface area contributed by atoms with Crippen molar-refractivity contribution in [1.29, 1.82) is 0 Å². The summed E-state index contributed by atoms with van der Waals surface area (Å²) in [7, 11) is 1.74. The van der Waals surface area contributed by atoms with Gasteiger partial charge in [0.15, 0.2) is 0 Å². The molecule has 3 heteroatoms. The van der Waals surface area contributed by atoms with Crippen LogP contribution in [-0.2, 0) is 13.5 Å². The van der Waals surface area contributed by atoms with Gasteiger partial charge in [0, 0.05) is 19.2 Å². The maximum Gasteiger partial charge on any atom is 0.269 e. The van der Waals surface area contributed by atoms with Crippen molar-refractivity contribution in [3.63, 3.8) is 0 Å². The maximum absolute atomic E-state index is 11.6. The van der Waals surface area contributed by atoms with Gasteiger partial charge in [0.25, 0.3) is 5.56 Å². The smallest absolute Gasteiger partial charge is 0.269 e. The highest BCUT2D eigenvalue weighted by Crippen LogP contribution is 2.09. The second kappa shape index (κ2) is 4.54. The number of aromatic nitrogens is 1. The maximum atomic E-state index is 11.6. The van der Waals surface area contributed by atoms with Crippen molar-refractivity contribution < 1.29 is 0 Å². The van der Waals surface area contributed by atoms with E-state index in [4.69, 9.17) is 11.6 Å². The summed E-state index contributed by atoms with van der Waals surface area (Å²) in [5, 5.41) is 0.263. The number of hydrogen-bond acceptors (Lipinski definition) is 1. The van der Waals surface area contributed by atoms with E-state index in [1.54, 1.807) is 17.7 Å². The van der Waals surface area contributed by atoms with Crippen molar-refractivity contribution >= 4 is 11.6 Å². The number of halogens is 1. The van der Waals surface area contributed by atoms with Gasteiger partial charge in [-0.25, -0.2) is 0 Å². The molecule has 2 aromatic rings. The number of pyridine rings is 1. The molecule has 0 saturated carbocycles. The Morgan fingerprint density at radius 3 is 2.50 bits per heavy atom. The van der Waals surface area contributed by atoms with Crippen molar-refractivity contribution in [2.75, 3.05) is 0 Å². The van der Waals surface area contributed by atoms with Crippen molar-refractivity contribution in [2.45, 2.75) is 6.42 Å². The minimum atomic E-state index is -0.143. The molecule has 0 radical (unpaired) electrons. The van der Waals surface area contributed by atoms with E-state index in [1.807, 2.05) is 36.4 Å². The molecular weight excluding hydrogens is 222 g/mol. The van der Waals surface area contributed by atoms with Crippen molar-refractivity contribution in [3.8, 4) is 0 Å². The molecule has 2 nitrogen and oxygen atoms in total. The van der Waals surface area contributed by atoms with Crippen LogP contribution in [0.4, 0.5) is 0 Å². The molecule has 0 aliphatic carbocycles. The van der Waals surface area contributed by atoms with Crippen LogP contribution in [0.5, 0.6) is 0 Å². The average Bonchev–Trinajstić information content (AvgIpc) is 2.31. The Morgan fingerprint density at radius 2 is 1.81 bits per heavy atom. The highest BCUT2D eigenvalue weighted by molar-refractivity contribution is 6.30. The molecule has 0 aliphatic rings. The number of nitrogens with zero attached hydrogens (tertiary/aromatic N) is 1. The van der Waals surface area contributed by atoms with Gasteiger partial charge in [-0.05, 0) is 17.7 Å². The zero-order valence-corrected chi connectivity index (χ0v) is 9.74. The molecule has 0 bridgehead atoms. The molecule has 0 N–H and O–H groups in total. The average molecular weight is 234 g/mol. The first-order valence-electron chi connectivity index (χ1n) is 5.07. The van der Waals surface area contributed by atoms with Crippen LogP contribution in [0.15, 0.2) is 47.3 Å². The molecular formula is C13H12ClNO. The molecule has 2 rings (SSSR count). The Balaban J connectivity index is 2.37. The molecule has 82 valence electrons. The normalized spacial score (nSPS) is 10.4. The van der Waals surface area contributed by atoms with Gasteiger partial charge in [-0.2, -0.15) is 0 Å². The van der Waals surface area contributed by atoms with Gasteiger partial charge in [0.1, 0.15) is 5.02 Å². The minimum absolute atomic E-state index is 0.143. The molecule has 16 heavy (non-hydrogen) atoms. The van der Waals surface area contributed by atoms with Crippen LogP contribution in [-0.4, -0.2) is 4.57 Å². The van der Waals surface area contributed by atoms with Crippen LogP contribution in [0.3, 0.4) is 0 Å². The summed E-state index contributed by atoms with van der Waals surface area (Å²) >= 11 is 5.76. The van der Waals surface area contributed by atoms with Crippen LogP contribution in [0.2, 0.25) is 5.02 Å². The standard InChI is InChI=1S/C13H12ClNO/c1-15-11(7-8-12(14)13(15)16)9-10-5-3-2-4-6-10/h2-8H,9H2,1H3. The Morgan fingerprint density at radius 1 is 1.12 bits per heavy atom. The third kappa shape index (κ3) is 2.17. The molecule has 0 spiro atoms. The highest BCUT2D eigenvalue weighted by Gasteiger charge is 2.04. The molecule has 1 aromatic carbocycles. The lowest BCUT2D eigenvalue weighted by atomic mass is 10.1. The summed E-state index contributed by atoms with van der Waals surface area (Å²) in [6.07, 6.45) is 0.740. The predicted octanol–water partition coefficient (Wildman–Crippen LogP) is 2.63. The molecule has 0 amide bonds. The lowest BCUT2D eigenvalue weighted by Gasteiger charge is -2.08. The molecule has 1 heterocycles. The van der Waals surface area contributed by atoms with Gasteiger partial charge in [0.2, 0.25) is 0 Å². The predicted molar refractivity (Wildman–Crippen MR) is 65.9 cm³/mol. The van der Waals surface area contributed by atoms with E-state index in [-0.39, 0.29) is 10.6 Å². The Labute approximate surface area is 99.1 Å². The van der Waals surface area contributed by atoms with Gasteiger partial charge in [-0.3, -0.25) is 4.79 Å². The second-order valence-corrected chi connectivity index (χ2v) is 4.11. The third-order valence-electron chi connectivity index (χ3n) is 2.59. The lowest BCUT2D eigenvalue weighted by molar-refractivity contribution is 0.793. The summed E-state index contributed by atoms with van der Waals surface area (Å²) in [4.78, 5) is 11.6. The minimum Gasteiger partial charge on any atom is -0.314 e. The first-order valence-corrected chi connectivity index (χ1v) is 5.44. The zero-order chi connectivity index (χ0) is 11.5. The van der Waals surface area contributed by atoms with Gasteiger partial charge in [-0.15, -0.1) is 0 Å². The fourth-order valence-electron chi connectivity index (χ4n) is 1.63. The number of rotatable bonds is 2. The summed E-state index contributed by atoms with van der Waals surface area (Å²) in [6.45, 7) is 0. The van der Waals surface area contributed by atoms with Crippen LogP contribution in [0.25, 0.3) is 0 Å². The van der Waals surface area contributed by atoms with Gasteiger partial charge >= 0.3 is 0 Å². The molecule has 1 aromatic heterocycles. The first-order chi connectivity index (χ1) is 7.68. The van der Waals surface area contributed by atoms with E-state index in [0.717, 1.165) is 12.1 Å². The highest BCUT2D eigenvalue weighted by atomic mass is 35.5. The Bertz CT molecular complexity index is 546. The number of benzene rings is 1. The fourth-order valence-corrected chi connectivity index (χ4v) is 1.82. The van der Waals surface area contributed by atoms with E-state index in [9.17, 15) is 4.79 Å². The molecule has 0 aliphatic heterocycles. The first kappa shape index (κ1) is 11.0. The van der Waals surface area contributed by atoms with Crippen LogP contribution < -0.4 is 5.56 Å². The van der Waals surface area contributed by atoms with Crippen molar-refractivity contribution in [2.24, 2.45) is 7.05 Å². The van der Waals surface area contributed by atoms with Crippen molar-refractivity contribution in [1.82, 2.24) is 4.57 Å². The van der Waals surface area contributed by atoms with E-state index >= 15 is 0 Å². The van der Waals surface area contributed by atoms with E-state index < -0.39 is 0 Å². The van der Waals surface area contributed by atoms with Crippen LogP contribution in [0.1, 0.15) is 11.3 Å². The summed E-state index contributed by atoms with van der Waals surface area (Å²) in [5.41, 5.74) is 2.00. The van der Waals surface area contributed by atoms with E-state index in [1.165, 1.54) is 5.56 Å². The fraction of sp³-hybridized carbons (Fsp3) is 0.154. The lowest BCUT2D eigenvalue weighted by Crippen LogP contribution is -2.20. The summed E-state index contributed by atoms with van der Waals surface area (Å²) in [5.74, 6) is 0. The third-order valence-corrected chi connectivity index (χ3v) is 2.88. The molecule has 0 unspecified atom stereocenters. The van der Waals surface area contributed by atoms with Crippen LogP contribution in [0, 0.1) is 0 Å². The zero-order valence-electron chi connectivity index (χ0n) is 8.98. The van der Waals surface area contributed by atoms with Crippen molar-refractivity contribution in [3.05, 3.63) is 69.1 Å². The van der Waals surface area contributed by atoms with Crippen LogP contribution >= 0.6 is 11.6 Å². The Hall–Kier alpha value is -1.54. The topological polar surface area (TPSA) is 22.0 Å². The molecule has 0 atom stereocenters. The molecule has 0 saturated heterocycles. The SMILES string of the molecule is Cn1c(Cc2ccccc2)ccc(Cl)c1=O. The van der Waals surface area contributed by atoms with Gasteiger partial charge < -0.3 is 4.57 Å². The number of hydrogen-bond donors (Lipinski definition) is 0. The second-order valence-electron chi connectivity index (χ2n) is 3.70. The van der Waals surface area contributed by atoms with Gasteiger partial charge in [0.05, 0.1) is 0 Å². The summed E-state index contributed by atoms with van der Waals surface area (Å²) in [6, 6.07) is 13.6. The molecule has 0 fully saturated rings.